The summed E-state index contributed by atoms with van der Waals surface area (Å²) < 4.78 is 5.89. The minimum Gasteiger partial charge on any atom is -0.368 e. The first-order valence-electron chi connectivity index (χ1n) is 7.93. The molecule has 19 heavy (non-hydrogen) atoms. The standard InChI is InChI=1S/C17H30O2/c1-4-6-7-8-9-10-16(18)17(19-5-2)13-11-15(3)12-14-17/h4,15H,1,5-14H2,2-3H3. The molecule has 1 aliphatic rings. The molecule has 0 N–H and O–H groups in total. The molecular weight excluding hydrogens is 236 g/mol. The summed E-state index contributed by atoms with van der Waals surface area (Å²) in [5.41, 5.74) is -0.445. The summed E-state index contributed by atoms with van der Waals surface area (Å²) in [5.74, 6) is 1.09. The predicted octanol–water partition coefficient (Wildman–Crippen LogP) is 4.68. The molecule has 0 radical (unpaired) electrons. The third kappa shape index (κ3) is 5.10. The first-order chi connectivity index (χ1) is 9.14. The van der Waals surface area contributed by atoms with Crippen molar-refractivity contribution in [2.45, 2.75) is 77.2 Å². The van der Waals surface area contributed by atoms with Gasteiger partial charge in [0.05, 0.1) is 0 Å². The molecule has 0 spiro atoms. The number of allylic oxidation sites excluding steroid dienone is 1. The Kier molecular flexibility index (Phi) is 7.37. The van der Waals surface area contributed by atoms with Crippen molar-refractivity contribution in [1.82, 2.24) is 0 Å². The highest BCUT2D eigenvalue weighted by Gasteiger charge is 2.40. The number of carbonyl (C=O) groups excluding carboxylic acids is 1. The van der Waals surface area contributed by atoms with Crippen LogP contribution in [0.15, 0.2) is 12.7 Å². The van der Waals surface area contributed by atoms with Gasteiger partial charge in [-0.05, 0) is 57.8 Å². The number of ketones is 1. The Morgan fingerprint density at radius 1 is 1.32 bits per heavy atom. The molecule has 0 bridgehead atoms. The van der Waals surface area contributed by atoms with Crippen LogP contribution in [0.5, 0.6) is 0 Å². The van der Waals surface area contributed by atoms with Gasteiger partial charge in [-0.3, -0.25) is 4.79 Å². The quantitative estimate of drug-likeness (QED) is 0.447. The third-order valence-electron chi connectivity index (χ3n) is 4.32. The van der Waals surface area contributed by atoms with Crippen molar-refractivity contribution < 1.29 is 9.53 Å². The fraction of sp³-hybridized carbons (Fsp3) is 0.824. The smallest absolute Gasteiger partial charge is 0.164 e. The largest absolute Gasteiger partial charge is 0.368 e. The van der Waals surface area contributed by atoms with Gasteiger partial charge in [-0.25, -0.2) is 0 Å². The molecular formula is C17H30O2. The molecule has 110 valence electrons. The Labute approximate surface area is 118 Å². The molecule has 0 amide bonds. The Morgan fingerprint density at radius 3 is 2.58 bits per heavy atom. The van der Waals surface area contributed by atoms with Crippen LogP contribution in [0.1, 0.15) is 71.6 Å². The van der Waals surface area contributed by atoms with E-state index in [1.54, 1.807) is 0 Å². The topological polar surface area (TPSA) is 26.3 Å². The molecule has 0 atom stereocenters. The Morgan fingerprint density at radius 2 is 2.00 bits per heavy atom. The van der Waals surface area contributed by atoms with Crippen LogP contribution in [0.3, 0.4) is 0 Å². The zero-order valence-electron chi connectivity index (χ0n) is 12.7. The summed E-state index contributed by atoms with van der Waals surface area (Å²) in [6.07, 6.45) is 11.1. The molecule has 2 heteroatoms. The van der Waals surface area contributed by atoms with Gasteiger partial charge in [0.15, 0.2) is 5.78 Å². The molecule has 0 saturated heterocycles. The highest BCUT2D eigenvalue weighted by molar-refractivity contribution is 5.87. The monoisotopic (exact) mass is 266 g/mol. The van der Waals surface area contributed by atoms with Crippen LogP contribution in [-0.4, -0.2) is 18.0 Å². The molecule has 1 fully saturated rings. The summed E-state index contributed by atoms with van der Waals surface area (Å²) in [6.45, 7) is 8.64. The van der Waals surface area contributed by atoms with E-state index < -0.39 is 5.60 Å². The first-order valence-corrected chi connectivity index (χ1v) is 7.93. The molecule has 0 aromatic heterocycles. The lowest BCUT2D eigenvalue weighted by molar-refractivity contribution is -0.150. The van der Waals surface area contributed by atoms with Crippen molar-refractivity contribution in [2.24, 2.45) is 5.92 Å². The number of Topliss-reactive ketones (excluding diaryl/α,β-unsaturated/α-hetero) is 1. The predicted molar refractivity (Wildman–Crippen MR) is 80.3 cm³/mol. The third-order valence-corrected chi connectivity index (χ3v) is 4.32. The summed E-state index contributed by atoms with van der Waals surface area (Å²) in [5, 5.41) is 0. The summed E-state index contributed by atoms with van der Waals surface area (Å²) in [6, 6.07) is 0. The van der Waals surface area contributed by atoms with Crippen LogP contribution in [0.4, 0.5) is 0 Å². The van der Waals surface area contributed by atoms with E-state index in [0.29, 0.717) is 18.8 Å². The second-order valence-corrected chi connectivity index (χ2v) is 5.92. The molecule has 0 aromatic carbocycles. The van der Waals surface area contributed by atoms with Crippen LogP contribution in [0, 0.1) is 5.92 Å². The highest BCUT2D eigenvalue weighted by atomic mass is 16.5. The minimum atomic E-state index is -0.445. The van der Waals surface area contributed by atoms with Gasteiger partial charge in [-0.2, -0.15) is 0 Å². The Balaban J connectivity index is 2.42. The van der Waals surface area contributed by atoms with Crippen molar-refractivity contribution in [2.75, 3.05) is 6.61 Å². The average molecular weight is 266 g/mol. The van der Waals surface area contributed by atoms with E-state index >= 15 is 0 Å². The van der Waals surface area contributed by atoms with Gasteiger partial charge in [-0.15, -0.1) is 6.58 Å². The second kappa shape index (κ2) is 8.52. The maximum atomic E-state index is 12.5. The van der Waals surface area contributed by atoms with Crippen molar-refractivity contribution in [1.29, 1.82) is 0 Å². The van der Waals surface area contributed by atoms with Gasteiger partial charge < -0.3 is 4.74 Å². The van der Waals surface area contributed by atoms with E-state index in [0.717, 1.165) is 57.3 Å². The molecule has 0 aliphatic heterocycles. The lowest BCUT2D eigenvalue weighted by Gasteiger charge is -2.38. The molecule has 1 aliphatic carbocycles. The maximum Gasteiger partial charge on any atom is 0.164 e. The zero-order chi connectivity index (χ0) is 14.1. The normalized spacial score (nSPS) is 27.2. The van der Waals surface area contributed by atoms with Crippen molar-refractivity contribution in [3.8, 4) is 0 Å². The lowest BCUT2D eigenvalue weighted by Crippen LogP contribution is -2.44. The molecule has 0 aromatic rings. The Bertz CT molecular complexity index is 275. The van der Waals surface area contributed by atoms with Gasteiger partial charge in [0, 0.05) is 13.0 Å². The maximum absolute atomic E-state index is 12.5. The van der Waals surface area contributed by atoms with Crippen LogP contribution >= 0.6 is 0 Å². The van der Waals surface area contributed by atoms with E-state index in [1.807, 2.05) is 13.0 Å². The molecule has 0 unspecified atom stereocenters. The van der Waals surface area contributed by atoms with E-state index in [4.69, 9.17) is 4.74 Å². The molecule has 0 heterocycles. The Hall–Kier alpha value is -0.630. The van der Waals surface area contributed by atoms with Crippen LogP contribution in [0.25, 0.3) is 0 Å². The van der Waals surface area contributed by atoms with Gasteiger partial charge in [0.2, 0.25) is 0 Å². The van der Waals surface area contributed by atoms with Gasteiger partial charge in [0.25, 0.3) is 0 Å². The minimum absolute atomic E-state index is 0.347. The van der Waals surface area contributed by atoms with E-state index in [2.05, 4.69) is 13.5 Å². The fourth-order valence-corrected chi connectivity index (χ4v) is 2.99. The van der Waals surface area contributed by atoms with Crippen LogP contribution in [0.2, 0.25) is 0 Å². The van der Waals surface area contributed by atoms with Crippen LogP contribution in [-0.2, 0) is 9.53 Å². The van der Waals surface area contributed by atoms with E-state index in [1.165, 1.54) is 0 Å². The van der Waals surface area contributed by atoms with Crippen molar-refractivity contribution in [3.63, 3.8) is 0 Å². The number of unbranched alkanes of at least 4 members (excludes halogenated alkanes) is 3. The molecule has 2 nitrogen and oxygen atoms in total. The van der Waals surface area contributed by atoms with E-state index in [9.17, 15) is 4.79 Å². The van der Waals surface area contributed by atoms with E-state index in [-0.39, 0.29) is 0 Å². The highest BCUT2D eigenvalue weighted by Crippen LogP contribution is 2.36. The zero-order valence-corrected chi connectivity index (χ0v) is 12.7. The first kappa shape index (κ1) is 16.4. The number of carbonyl (C=O) groups is 1. The second-order valence-electron chi connectivity index (χ2n) is 5.92. The number of ether oxygens (including phenoxy) is 1. The summed E-state index contributed by atoms with van der Waals surface area (Å²) in [4.78, 5) is 12.5. The molecule has 1 rings (SSSR count). The van der Waals surface area contributed by atoms with Gasteiger partial charge in [-0.1, -0.05) is 19.4 Å². The lowest BCUT2D eigenvalue weighted by atomic mass is 9.76. The average Bonchev–Trinajstić information content (AvgIpc) is 2.41. The van der Waals surface area contributed by atoms with Gasteiger partial charge >= 0.3 is 0 Å². The molecule has 1 saturated carbocycles. The van der Waals surface area contributed by atoms with Crippen molar-refractivity contribution in [3.05, 3.63) is 12.7 Å². The summed E-state index contributed by atoms with van der Waals surface area (Å²) >= 11 is 0. The SMILES string of the molecule is C=CCCCCCC(=O)C1(OCC)CCC(C)CC1. The van der Waals surface area contributed by atoms with Crippen LogP contribution < -0.4 is 0 Å². The summed E-state index contributed by atoms with van der Waals surface area (Å²) in [7, 11) is 0. The number of hydrogen-bond acceptors (Lipinski definition) is 2. The fourth-order valence-electron chi connectivity index (χ4n) is 2.99. The number of rotatable bonds is 9. The van der Waals surface area contributed by atoms with Crippen molar-refractivity contribution >= 4 is 5.78 Å². The van der Waals surface area contributed by atoms with Gasteiger partial charge in [0.1, 0.15) is 5.60 Å². The number of hydrogen-bond donors (Lipinski definition) is 0.